The minimum absolute atomic E-state index is 0. The largest absolute Gasteiger partial charge is 0.308 e. The Kier molecular flexibility index (Phi) is 4.12. The van der Waals surface area contributed by atoms with E-state index in [9.17, 15) is 8.42 Å². The van der Waals surface area contributed by atoms with Crippen molar-refractivity contribution in [3.8, 4) is 0 Å². The third-order valence-corrected chi connectivity index (χ3v) is 2.42. The summed E-state index contributed by atoms with van der Waals surface area (Å²) in [4.78, 5) is 3.97. The second kappa shape index (κ2) is 4.40. The van der Waals surface area contributed by atoms with Crippen LogP contribution in [0.1, 0.15) is 0 Å². The van der Waals surface area contributed by atoms with Gasteiger partial charge in [0.25, 0.3) is 0 Å². The van der Waals surface area contributed by atoms with Gasteiger partial charge in [0.15, 0.2) is 9.84 Å². The zero-order valence-corrected chi connectivity index (χ0v) is 8.52. The first-order chi connectivity index (χ1) is 5.54. The molecule has 0 aliphatic rings. The third-order valence-electron chi connectivity index (χ3n) is 1.31. The van der Waals surface area contributed by atoms with Gasteiger partial charge in [0.05, 0.1) is 4.90 Å². The fraction of sp³-hybridized carbons (Fsp3) is 0.167. The number of anilines is 1. The predicted octanol–water partition coefficient (Wildman–Crippen LogP) is 0.193. The number of aromatic nitrogens is 1. The molecule has 1 aromatic heterocycles. The zero-order chi connectivity index (χ0) is 9.19. The zero-order valence-electron chi connectivity index (χ0n) is 6.89. The van der Waals surface area contributed by atoms with Crippen LogP contribution in [-0.2, 0) is 9.84 Å². The highest BCUT2D eigenvalue weighted by Gasteiger charge is 2.06. The number of rotatable bonds is 2. The van der Waals surface area contributed by atoms with E-state index in [1.807, 2.05) is 0 Å². The van der Waals surface area contributed by atoms with Crippen molar-refractivity contribution in [3.05, 3.63) is 18.3 Å². The van der Waals surface area contributed by atoms with Gasteiger partial charge in [-0.05, 0) is 6.07 Å². The van der Waals surface area contributed by atoms with E-state index in [1.54, 1.807) is 0 Å². The molecule has 0 aliphatic carbocycles. The molecular weight excluding hydrogens is 214 g/mol. The van der Waals surface area contributed by atoms with Gasteiger partial charge < -0.3 is 5.43 Å². The second-order valence-corrected chi connectivity index (χ2v) is 4.31. The average Bonchev–Trinajstić information content (AvgIpc) is 2.03. The van der Waals surface area contributed by atoms with Crippen LogP contribution in [0.15, 0.2) is 23.2 Å². The van der Waals surface area contributed by atoms with Crippen LogP contribution in [0.2, 0.25) is 0 Å². The summed E-state index contributed by atoms with van der Waals surface area (Å²) in [6, 6.07) is 2.78. The number of nitrogens with one attached hydrogen (secondary N) is 1. The molecule has 0 unspecified atom stereocenters. The van der Waals surface area contributed by atoms with Gasteiger partial charge in [0.2, 0.25) is 0 Å². The molecule has 13 heavy (non-hydrogen) atoms. The average molecular weight is 224 g/mol. The summed E-state index contributed by atoms with van der Waals surface area (Å²) in [6.45, 7) is 0. The first-order valence-corrected chi connectivity index (χ1v) is 5.06. The quantitative estimate of drug-likeness (QED) is 0.553. The van der Waals surface area contributed by atoms with E-state index < -0.39 is 9.84 Å². The number of nitrogens with two attached hydrogens (primary N) is 1. The van der Waals surface area contributed by atoms with E-state index in [0.717, 1.165) is 6.26 Å². The molecule has 0 aromatic carbocycles. The van der Waals surface area contributed by atoms with Crippen LogP contribution < -0.4 is 11.3 Å². The first-order valence-electron chi connectivity index (χ1n) is 3.17. The molecule has 0 saturated heterocycles. The molecule has 3 N–H and O–H groups in total. The lowest BCUT2D eigenvalue weighted by Crippen LogP contribution is -2.09. The molecule has 0 aliphatic heterocycles. The van der Waals surface area contributed by atoms with Crippen molar-refractivity contribution < 1.29 is 8.42 Å². The summed E-state index contributed by atoms with van der Waals surface area (Å²) in [5, 5.41) is 0. The maximum Gasteiger partial charge on any atom is 0.175 e. The maximum absolute atomic E-state index is 11.0. The van der Waals surface area contributed by atoms with Gasteiger partial charge in [-0.25, -0.2) is 19.2 Å². The molecule has 0 amide bonds. The van der Waals surface area contributed by atoms with E-state index in [0.29, 0.717) is 5.82 Å². The molecule has 0 atom stereocenters. The number of pyridine rings is 1. The van der Waals surface area contributed by atoms with Crippen molar-refractivity contribution in [2.75, 3.05) is 11.7 Å². The highest BCUT2D eigenvalue weighted by molar-refractivity contribution is 7.90. The number of halogens is 1. The second-order valence-electron chi connectivity index (χ2n) is 2.29. The highest BCUT2D eigenvalue weighted by Crippen LogP contribution is 2.10. The molecule has 0 spiro atoms. The molecular formula is C6H10ClN3O2S. The summed E-state index contributed by atoms with van der Waals surface area (Å²) in [5.74, 6) is 5.39. The molecule has 0 radical (unpaired) electrons. The molecule has 1 heterocycles. The van der Waals surface area contributed by atoms with E-state index >= 15 is 0 Å². The van der Waals surface area contributed by atoms with E-state index in [-0.39, 0.29) is 17.3 Å². The van der Waals surface area contributed by atoms with Crippen molar-refractivity contribution in [1.29, 1.82) is 0 Å². The fourth-order valence-electron chi connectivity index (χ4n) is 0.721. The van der Waals surface area contributed by atoms with Gasteiger partial charge in [-0.3, -0.25) is 0 Å². The van der Waals surface area contributed by atoms with Crippen LogP contribution in [0, 0.1) is 0 Å². The molecule has 0 bridgehead atoms. The number of hydrogen-bond donors (Lipinski definition) is 2. The normalized spacial score (nSPS) is 10.3. The van der Waals surface area contributed by atoms with E-state index in [1.165, 1.54) is 18.3 Å². The minimum atomic E-state index is -3.17. The Morgan fingerprint density at radius 2 is 2.15 bits per heavy atom. The number of nitrogen functional groups attached to an aromatic ring is 1. The Bertz CT molecular complexity index is 379. The SMILES string of the molecule is CS(=O)(=O)c1ccnc(NN)c1.Cl. The Hall–Kier alpha value is -0.850. The van der Waals surface area contributed by atoms with Crippen molar-refractivity contribution in [1.82, 2.24) is 4.98 Å². The van der Waals surface area contributed by atoms with Gasteiger partial charge in [-0.1, -0.05) is 0 Å². The predicted molar refractivity (Wildman–Crippen MR) is 52.4 cm³/mol. The van der Waals surface area contributed by atoms with E-state index in [2.05, 4.69) is 10.4 Å². The molecule has 7 heteroatoms. The van der Waals surface area contributed by atoms with Crippen molar-refractivity contribution in [2.45, 2.75) is 4.90 Å². The molecule has 0 saturated carbocycles. The summed E-state index contributed by atoms with van der Waals surface area (Å²) in [7, 11) is -3.17. The lowest BCUT2D eigenvalue weighted by Gasteiger charge is -2.00. The number of sulfone groups is 1. The van der Waals surface area contributed by atoms with Gasteiger partial charge >= 0.3 is 0 Å². The standard InChI is InChI=1S/C6H9N3O2S.ClH/c1-12(10,11)5-2-3-8-6(4-5)9-7;/h2-4H,7H2,1H3,(H,8,9);1H. The van der Waals surface area contributed by atoms with Crippen LogP contribution in [-0.4, -0.2) is 19.7 Å². The van der Waals surface area contributed by atoms with Gasteiger partial charge in [0, 0.05) is 18.5 Å². The number of hydrogen-bond acceptors (Lipinski definition) is 5. The first kappa shape index (κ1) is 12.2. The fourth-order valence-corrected chi connectivity index (χ4v) is 1.35. The van der Waals surface area contributed by atoms with Gasteiger partial charge in [-0.2, -0.15) is 0 Å². The maximum atomic E-state index is 11.0. The third kappa shape index (κ3) is 3.17. The highest BCUT2D eigenvalue weighted by atomic mass is 35.5. The van der Waals surface area contributed by atoms with Crippen molar-refractivity contribution in [3.63, 3.8) is 0 Å². The lowest BCUT2D eigenvalue weighted by molar-refractivity contribution is 0.602. The minimum Gasteiger partial charge on any atom is -0.308 e. The molecule has 1 rings (SSSR count). The topological polar surface area (TPSA) is 85.1 Å². The number of nitrogens with zero attached hydrogens (tertiary/aromatic N) is 1. The van der Waals surface area contributed by atoms with Crippen molar-refractivity contribution >= 4 is 28.1 Å². The monoisotopic (exact) mass is 223 g/mol. The Balaban J connectivity index is 0.00000144. The molecule has 0 fully saturated rings. The Morgan fingerprint density at radius 3 is 2.62 bits per heavy atom. The Labute approximate surface area is 82.7 Å². The summed E-state index contributed by atoms with van der Waals surface area (Å²) in [5.41, 5.74) is 2.26. The molecule has 74 valence electrons. The summed E-state index contributed by atoms with van der Waals surface area (Å²) < 4.78 is 22.0. The van der Waals surface area contributed by atoms with Crippen LogP contribution in [0.25, 0.3) is 0 Å². The number of hydrazine groups is 1. The van der Waals surface area contributed by atoms with Crippen LogP contribution in [0.4, 0.5) is 5.82 Å². The van der Waals surface area contributed by atoms with E-state index in [4.69, 9.17) is 5.84 Å². The van der Waals surface area contributed by atoms with Gasteiger partial charge in [0.1, 0.15) is 5.82 Å². The van der Waals surface area contributed by atoms with Crippen molar-refractivity contribution in [2.24, 2.45) is 5.84 Å². The Morgan fingerprint density at radius 1 is 1.54 bits per heavy atom. The van der Waals surface area contributed by atoms with Gasteiger partial charge in [-0.15, -0.1) is 12.4 Å². The lowest BCUT2D eigenvalue weighted by atomic mass is 10.5. The van der Waals surface area contributed by atoms with Crippen LogP contribution >= 0.6 is 12.4 Å². The summed E-state index contributed by atoms with van der Waals surface area (Å²) >= 11 is 0. The summed E-state index contributed by atoms with van der Waals surface area (Å²) in [6.07, 6.45) is 2.51. The van der Waals surface area contributed by atoms with Crippen LogP contribution in [0.5, 0.6) is 0 Å². The smallest absolute Gasteiger partial charge is 0.175 e. The molecule has 1 aromatic rings. The van der Waals surface area contributed by atoms with Crippen LogP contribution in [0.3, 0.4) is 0 Å². The molecule has 5 nitrogen and oxygen atoms in total.